The number of esters is 1. The average molecular weight is 180 g/mol. The van der Waals surface area contributed by atoms with E-state index in [1.807, 2.05) is 19.1 Å². The summed E-state index contributed by atoms with van der Waals surface area (Å²) in [5.41, 5.74) is 0.844. The molecule has 1 aliphatic carbocycles. The summed E-state index contributed by atoms with van der Waals surface area (Å²) in [6, 6.07) is 0. The van der Waals surface area contributed by atoms with Crippen LogP contribution in [0.15, 0.2) is 23.8 Å². The van der Waals surface area contributed by atoms with E-state index in [0.29, 0.717) is 0 Å². The number of carbonyl (C=O) groups is 1. The molecule has 0 bridgehead atoms. The van der Waals surface area contributed by atoms with E-state index in [1.165, 1.54) is 12.7 Å². The highest BCUT2D eigenvalue weighted by atomic mass is 16.5. The molecule has 0 aromatic carbocycles. The maximum absolute atomic E-state index is 11.3. The number of hydrogen-bond acceptors (Lipinski definition) is 2. The third-order valence-corrected chi connectivity index (χ3v) is 2.43. The van der Waals surface area contributed by atoms with Gasteiger partial charge in [-0.1, -0.05) is 30.7 Å². The number of hydrogen-bond donors (Lipinski definition) is 0. The van der Waals surface area contributed by atoms with E-state index in [4.69, 9.17) is 4.74 Å². The molecular formula is C11H16O2. The van der Waals surface area contributed by atoms with Crippen molar-refractivity contribution in [3.63, 3.8) is 0 Å². The molecule has 0 heterocycles. The van der Waals surface area contributed by atoms with Crippen LogP contribution in [-0.2, 0) is 9.53 Å². The minimum Gasteiger partial charge on any atom is -0.468 e. The van der Waals surface area contributed by atoms with Crippen molar-refractivity contribution >= 4 is 5.97 Å². The topological polar surface area (TPSA) is 26.3 Å². The van der Waals surface area contributed by atoms with E-state index < -0.39 is 0 Å². The Balaban J connectivity index is 2.57. The largest absolute Gasteiger partial charge is 0.468 e. The van der Waals surface area contributed by atoms with Crippen LogP contribution in [0.5, 0.6) is 0 Å². The lowest BCUT2D eigenvalue weighted by Crippen LogP contribution is -2.13. The molecule has 0 N–H and O–H groups in total. The first-order valence-corrected chi connectivity index (χ1v) is 4.59. The highest BCUT2D eigenvalue weighted by Crippen LogP contribution is 2.52. The molecule has 0 aromatic rings. The Labute approximate surface area is 79.3 Å². The standard InChI is InChI=1S/C11H16O2/c1-4-5-6-7-9-8-11(9,2)10(12)13-3/h5-7H,4,8H2,1-3H3/b6-5-,9-7+. The molecule has 13 heavy (non-hydrogen) atoms. The lowest BCUT2D eigenvalue weighted by atomic mass is 10.1. The lowest BCUT2D eigenvalue weighted by molar-refractivity contribution is -0.145. The van der Waals surface area contributed by atoms with Crippen molar-refractivity contribution in [3.05, 3.63) is 23.8 Å². The van der Waals surface area contributed by atoms with Crippen molar-refractivity contribution in [1.29, 1.82) is 0 Å². The number of methoxy groups -OCH3 is 1. The van der Waals surface area contributed by atoms with Gasteiger partial charge in [0.2, 0.25) is 0 Å². The number of rotatable bonds is 3. The molecule has 1 fully saturated rings. The van der Waals surface area contributed by atoms with E-state index in [0.717, 1.165) is 12.8 Å². The molecule has 0 amide bonds. The van der Waals surface area contributed by atoms with E-state index in [2.05, 4.69) is 13.0 Å². The van der Waals surface area contributed by atoms with Crippen molar-refractivity contribution in [2.24, 2.45) is 5.41 Å². The van der Waals surface area contributed by atoms with Gasteiger partial charge in [0.1, 0.15) is 0 Å². The van der Waals surface area contributed by atoms with Crippen LogP contribution < -0.4 is 0 Å². The molecule has 1 unspecified atom stereocenters. The van der Waals surface area contributed by atoms with Crippen molar-refractivity contribution in [2.45, 2.75) is 26.7 Å². The van der Waals surface area contributed by atoms with Crippen molar-refractivity contribution in [2.75, 3.05) is 7.11 Å². The third kappa shape index (κ3) is 2.00. The molecule has 2 nitrogen and oxygen atoms in total. The van der Waals surface area contributed by atoms with Crippen LogP contribution >= 0.6 is 0 Å². The average Bonchev–Trinajstić information content (AvgIpc) is 2.78. The van der Waals surface area contributed by atoms with E-state index in [9.17, 15) is 4.79 Å². The smallest absolute Gasteiger partial charge is 0.315 e. The Morgan fingerprint density at radius 3 is 2.92 bits per heavy atom. The van der Waals surface area contributed by atoms with Crippen molar-refractivity contribution < 1.29 is 9.53 Å². The van der Waals surface area contributed by atoms with Crippen molar-refractivity contribution in [3.8, 4) is 0 Å². The lowest BCUT2D eigenvalue weighted by Gasteiger charge is -2.02. The monoisotopic (exact) mass is 180 g/mol. The highest BCUT2D eigenvalue weighted by molar-refractivity contribution is 5.85. The Morgan fingerprint density at radius 1 is 1.69 bits per heavy atom. The zero-order valence-electron chi connectivity index (χ0n) is 8.46. The number of allylic oxidation sites excluding steroid dienone is 3. The van der Waals surface area contributed by atoms with Crippen LogP contribution in [-0.4, -0.2) is 13.1 Å². The second-order valence-corrected chi connectivity index (χ2v) is 3.53. The Hall–Kier alpha value is -1.05. The highest BCUT2D eigenvalue weighted by Gasteiger charge is 2.51. The van der Waals surface area contributed by atoms with Gasteiger partial charge in [-0.3, -0.25) is 4.79 Å². The van der Waals surface area contributed by atoms with Gasteiger partial charge in [-0.25, -0.2) is 0 Å². The zero-order valence-corrected chi connectivity index (χ0v) is 8.46. The van der Waals surface area contributed by atoms with Crippen LogP contribution in [0, 0.1) is 5.41 Å². The summed E-state index contributed by atoms with van der Waals surface area (Å²) in [6.07, 6.45) is 7.96. The van der Waals surface area contributed by atoms with Gasteiger partial charge in [-0.05, 0) is 19.8 Å². The van der Waals surface area contributed by atoms with Gasteiger partial charge in [0.05, 0.1) is 12.5 Å². The minimum atomic E-state index is -0.327. The molecule has 1 aliphatic rings. The number of ether oxygens (including phenoxy) is 1. The molecule has 2 heteroatoms. The second-order valence-electron chi connectivity index (χ2n) is 3.53. The van der Waals surface area contributed by atoms with Gasteiger partial charge >= 0.3 is 5.97 Å². The predicted octanol–water partition coefficient (Wildman–Crippen LogP) is 2.46. The second kappa shape index (κ2) is 3.77. The molecule has 0 radical (unpaired) electrons. The van der Waals surface area contributed by atoms with Gasteiger partial charge in [-0.2, -0.15) is 0 Å². The summed E-state index contributed by atoms with van der Waals surface area (Å²) in [5.74, 6) is -0.122. The first-order valence-electron chi connectivity index (χ1n) is 4.59. The van der Waals surface area contributed by atoms with E-state index >= 15 is 0 Å². The Morgan fingerprint density at radius 2 is 2.38 bits per heavy atom. The predicted molar refractivity (Wildman–Crippen MR) is 52.3 cm³/mol. The van der Waals surface area contributed by atoms with Gasteiger partial charge in [-0.15, -0.1) is 0 Å². The number of carbonyl (C=O) groups excluding carboxylic acids is 1. The zero-order chi connectivity index (χ0) is 9.90. The van der Waals surface area contributed by atoms with Gasteiger partial charge in [0.25, 0.3) is 0 Å². The molecule has 0 saturated heterocycles. The molecule has 0 spiro atoms. The van der Waals surface area contributed by atoms with Gasteiger partial charge < -0.3 is 4.74 Å². The summed E-state index contributed by atoms with van der Waals surface area (Å²) >= 11 is 0. The minimum absolute atomic E-state index is 0.122. The maximum Gasteiger partial charge on any atom is 0.315 e. The summed E-state index contributed by atoms with van der Waals surface area (Å²) in [5, 5.41) is 0. The van der Waals surface area contributed by atoms with E-state index in [1.54, 1.807) is 0 Å². The summed E-state index contributed by atoms with van der Waals surface area (Å²) < 4.78 is 4.71. The Kier molecular flexibility index (Phi) is 2.91. The molecule has 1 saturated carbocycles. The first-order chi connectivity index (χ1) is 6.15. The SMILES string of the molecule is CC/C=C\C=C1/CC1(C)C(=O)OC. The fourth-order valence-corrected chi connectivity index (χ4v) is 1.33. The molecule has 72 valence electrons. The first kappa shape index (κ1) is 10.0. The molecule has 1 rings (SSSR count). The van der Waals surface area contributed by atoms with Crippen LogP contribution in [0.3, 0.4) is 0 Å². The summed E-state index contributed by atoms with van der Waals surface area (Å²) in [7, 11) is 1.44. The summed E-state index contributed by atoms with van der Waals surface area (Å²) in [6.45, 7) is 4.01. The van der Waals surface area contributed by atoms with Gasteiger partial charge in [0.15, 0.2) is 0 Å². The maximum atomic E-state index is 11.3. The third-order valence-electron chi connectivity index (χ3n) is 2.43. The van der Waals surface area contributed by atoms with Crippen molar-refractivity contribution in [1.82, 2.24) is 0 Å². The molecule has 0 aliphatic heterocycles. The van der Waals surface area contributed by atoms with Gasteiger partial charge in [0, 0.05) is 0 Å². The van der Waals surface area contributed by atoms with Crippen LogP contribution in [0.4, 0.5) is 0 Å². The Bertz CT molecular complexity index is 263. The van der Waals surface area contributed by atoms with Crippen LogP contribution in [0.25, 0.3) is 0 Å². The van der Waals surface area contributed by atoms with E-state index in [-0.39, 0.29) is 11.4 Å². The summed E-state index contributed by atoms with van der Waals surface area (Å²) in [4.78, 5) is 11.3. The molecule has 0 aromatic heterocycles. The quantitative estimate of drug-likeness (QED) is 0.624. The normalized spacial score (nSPS) is 29.6. The fourth-order valence-electron chi connectivity index (χ4n) is 1.33. The molecular weight excluding hydrogens is 164 g/mol. The van der Waals surface area contributed by atoms with Crippen LogP contribution in [0.1, 0.15) is 26.7 Å². The molecule has 1 atom stereocenters. The van der Waals surface area contributed by atoms with Crippen LogP contribution in [0.2, 0.25) is 0 Å². The fraction of sp³-hybridized carbons (Fsp3) is 0.545.